The van der Waals surface area contributed by atoms with Crippen LogP contribution in [0.4, 0.5) is 17.1 Å². The number of likely N-dealkylation sites (N-methyl/N-ethyl adjacent to an activating group) is 2. The molecule has 22 heavy (non-hydrogen) atoms. The number of hydrogen-bond acceptors (Lipinski definition) is 4. The Morgan fingerprint density at radius 2 is 1.91 bits per heavy atom. The van der Waals surface area contributed by atoms with Crippen molar-refractivity contribution in [1.29, 1.82) is 0 Å². The Balaban J connectivity index is 2.83. The zero-order valence-corrected chi connectivity index (χ0v) is 14.1. The maximum Gasteiger partial charge on any atom is 0.223 e. The van der Waals surface area contributed by atoms with Gasteiger partial charge in [0.05, 0.1) is 17.2 Å². The number of nitrogens with zero attached hydrogens (tertiary/aromatic N) is 4. The van der Waals surface area contributed by atoms with Crippen molar-refractivity contribution in [3.05, 3.63) is 18.2 Å². The van der Waals surface area contributed by atoms with E-state index in [9.17, 15) is 0 Å². The van der Waals surface area contributed by atoms with Gasteiger partial charge in [-0.05, 0) is 39.2 Å². The van der Waals surface area contributed by atoms with Crippen LogP contribution in [0.2, 0.25) is 0 Å². The molecule has 7 nitrogen and oxygen atoms in total. The Kier molecular flexibility index (Phi) is 6.65. The predicted octanol–water partition coefficient (Wildman–Crippen LogP) is 1.04. The summed E-state index contributed by atoms with van der Waals surface area (Å²) in [4.78, 5) is 12.4. The van der Waals surface area contributed by atoms with E-state index >= 15 is 0 Å². The topological polar surface area (TPSA) is 95.3 Å². The molecule has 5 N–H and O–H groups in total. The van der Waals surface area contributed by atoms with Gasteiger partial charge < -0.3 is 26.6 Å². The van der Waals surface area contributed by atoms with E-state index < -0.39 is 0 Å². The van der Waals surface area contributed by atoms with Crippen LogP contribution in [0, 0.1) is 0 Å². The molecular formula is C15H27N7. The van der Waals surface area contributed by atoms with Crippen molar-refractivity contribution in [3.63, 3.8) is 0 Å². The Morgan fingerprint density at radius 1 is 1.23 bits per heavy atom. The summed E-state index contributed by atoms with van der Waals surface area (Å²) < 4.78 is 0. The van der Waals surface area contributed by atoms with Crippen molar-refractivity contribution in [3.8, 4) is 0 Å². The monoisotopic (exact) mass is 305 g/mol. The van der Waals surface area contributed by atoms with Crippen LogP contribution in [0.3, 0.4) is 0 Å². The van der Waals surface area contributed by atoms with Gasteiger partial charge in [0.2, 0.25) is 5.96 Å². The van der Waals surface area contributed by atoms with Gasteiger partial charge in [-0.2, -0.15) is 0 Å². The largest absolute Gasteiger partial charge is 0.397 e. The lowest BCUT2D eigenvalue weighted by molar-refractivity contribution is 0.416. The quantitative estimate of drug-likeness (QED) is 0.429. The number of nitrogens with one attached hydrogen (secondary N) is 1. The third-order valence-corrected chi connectivity index (χ3v) is 3.07. The second-order valence-electron chi connectivity index (χ2n) is 5.42. The average molecular weight is 305 g/mol. The standard InChI is InChI=1S/C15H27N7/c1-11(16)19-15(18-2)20-12-6-7-14(13(17)10-12)22(5)9-8-21(3)4/h6-7,10H,8-9,17H2,1-5H3,(H3,16,18,19,20). The number of anilines is 3. The Hall–Kier alpha value is -2.28. The van der Waals surface area contributed by atoms with Gasteiger partial charge in [-0.1, -0.05) is 0 Å². The first-order valence-electron chi connectivity index (χ1n) is 7.13. The number of hydrogen-bond donors (Lipinski definition) is 3. The zero-order valence-electron chi connectivity index (χ0n) is 14.1. The number of amidine groups is 1. The Labute approximate surface area is 132 Å². The van der Waals surface area contributed by atoms with Crippen LogP contribution in [0.15, 0.2) is 28.2 Å². The van der Waals surface area contributed by atoms with E-state index in [1.165, 1.54) is 0 Å². The van der Waals surface area contributed by atoms with E-state index in [2.05, 4.69) is 39.2 Å². The van der Waals surface area contributed by atoms with E-state index in [4.69, 9.17) is 11.5 Å². The molecule has 0 bridgehead atoms. The highest BCUT2D eigenvalue weighted by Gasteiger charge is 2.07. The fraction of sp³-hybridized carbons (Fsp3) is 0.467. The van der Waals surface area contributed by atoms with Crippen molar-refractivity contribution in [2.45, 2.75) is 6.92 Å². The van der Waals surface area contributed by atoms with Crippen molar-refractivity contribution in [2.75, 3.05) is 57.2 Å². The SMILES string of the molecule is CN=C(N=C(C)N)Nc1ccc(N(C)CCN(C)C)c(N)c1. The molecule has 0 heterocycles. The molecule has 0 saturated heterocycles. The molecule has 1 rings (SSSR count). The van der Waals surface area contributed by atoms with E-state index in [0.717, 1.165) is 24.5 Å². The number of guanidine groups is 1. The fourth-order valence-electron chi connectivity index (χ4n) is 1.88. The third-order valence-electron chi connectivity index (χ3n) is 3.07. The summed E-state index contributed by atoms with van der Waals surface area (Å²) in [6, 6.07) is 5.80. The molecule has 122 valence electrons. The molecule has 0 spiro atoms. The molecule has 0 aromatic heterocycles. The number of benzene rings is 1. The lowest BCUT2D eigenvalue weighted by Crippen LogP contribution is -2.29. The third kappa shape index (κ3) is 5.61. The van der Waals surface area contributed by atoms with Gasteiger partial charge in [0.1, 0.15) is 0 Å². The normalized spacial score (nSPS) is 12.6. The summed E-state index contributed by atoms with van der Waals surface area (Å²) in [6.07, 6.45) is 0. The first-order chi connectivity index (χ1) is 10.3. The molecule has 1 aromatic carbocycles. The molecule has 0 aliphatic carbocycles. The molecule has 0 fully saturated rings. The van der Waals surface area contributed by atoms with Gasteiger partial charge in [-0.15, -0.1) is 0 Å². The van der Waals surface area contributed by atoms with Crippen LogP contribution in [-0.2, 0) is 0 Å². The highest BCUT2D eigenvalue weighted by atomic mass is 15.2. The highest BCUT2D eigenvalue weighted by Crippen LogP contribution is 2.25. The Morgan fingerprint density at radius 3 is 2.41 bits per heavy atom. The fourth-order valence-corrected chi connectivity index (χ4v) is 1.88. The lowest BCUT2D eigenvalue weighted by atomic mass is 10.2. The van der Waals surface area contributed by atoms with Gasteiger partial charge in [0, 0.05) is 32.9 Å². The molecule has 7 heteroatoms. The second-order valence-corrected chi connectivity index (χ2v) is 5.42. The van der Waals surface area contributed by atoms with Gasteiger partial charge >= 0.3 is 0 Å². The minimum atomic E-state index is 0.445. The maximum absolute atomic E-state index is 6.15. The van der Waals surface area contributed by atoms with Crippen LogP contribution in [0.5, 0.6) is 0 Å². The predicted molar refractivity (Wildman–Crippen MR) is 97.0 cm³/mol. The minimum Gasteiger partial charge on any atom is -0.397 e. The number of nitrogens with two attached hydrogens (primary N) is 2. The average Bonchev–Trinajstić information content (AvgIpc) is 2.43. The maximum atomic E-state index is 6.15. The van der Waals surface area contributed by atoms with E-state index in [1.54, 1.807) is 14.0 Å². The van der Waals surface area contributed by atoms with Crippen LogP contribution >= 0.6 is 0 Å². The van der Waals surface area contributed by atoms with Crippen LogP contribution in [0.1, 0.15) is 6.92 Å². The van der Waals surface area contributed by atoms with Crippen molar-refractivity contribution in [1.82, 2.24) is 4.90 Å². The van der Waals surface area contributed by atoms with E-state index in [0.29, 0.717) is 17.5 Å². The molecule has 0 unspecified atom stereocenters. The second kappa shape index (κ2) is 8.23. The molecule has 0 atom stereocenters. The summed E-state index contributed by atoms with van der Waals surface area (Å²) in [5.74, 6) is 0.897. The summed E-state index contributed by atoms with van der Waals surface area (Å²) >= 11 is 0. The summed E-state index contributed by atoms with van der Waals surface area (Å²) in [5, 5.41) is 3.09. The highest BCUT2D eigenvalue weighted by molar-refractivity contribution is 6.02. The van der Waals surface area contributed by atoms with Gasteiger partial charge in [-0.3, -0.25) is 4.99 Å². The molecule has 0 aliphatic heterocycles. The van der Waals surface area contributed by atoms with Crippen molar-refractivity contribution in [2.24, 2.45) is 15.7 Å². The minimum absolute atomic E-state index is 0.445. The first kappa shape index (κ1) is 17.8. The summed E-state index contributed by atoms with van der Waals surface area (Å²) in [5.41, 5.74) is 14.3. The van der Waals surface area contributed by atoms with Crippen molar-refractivity contribution < 1.29 is 0 Å². The van der Waals surface area contributed by atoms with E-state index in [1.807, 2.05) is 25.2 Å². The molecule has 0 aliphatic rings. The molecule has 1 aromatic rings. The number of nitrogen functional groups attached to an aromatic ring is 1. The Bertz CT molecular complexity index is 545. The lowest BCUT2D eigenvalue weighted by Gasteiger charge is -2.23. The molecule has 0 amide bonds. The van der Waals surface area contributed by atoms with Gasteiger partial charge in [0.25, 0.3) is 0 Å². The smallest absolute Gasteiger partial charge is 0.223 e. The number of rotatable bonds is 5. The molecule has 0 saturated carbocycles. The summed E-state index contributed by atoms with van der Waals surface area (Å²) in [7, 11) is 7.79. The molecular weight excluding hydrogens is 278 g/mol. The van der Waals surface area contributed by atoms with Gasteiger partial charge in [-0.25, -0.2) is 4.99 Å². The molecule has 0 radical (unpaired) electrons. The number of aliphatic imine (C=N–C) groups is 2. The zero-order chi connectivity index (χ0) is 16.7. The van der Waals surface area contributed by atoms with Crippen LogP contribution < -0.4 is 21.7 Å². The van der Waals surface area contributed by atoms with Crippen LogP contribution in [-0.4, -0.2) is 58.0 Å². The van der Waals surface area contributed by atoms with Crippen LogP contribution in [0.25, 0.3) is 0 Å². The van der Waals surface area contributed by atoms with Gasteiger partial charge in [0.15, 0.2) is 0 Å². The van der Waals surface area contributed by atoms with E-state index in [-0.39, 0.29) is 0 Å². The summed E-state index contributed by atoms with van der Waals surface area (Å²) in [6.45, 7) is 3.58. The van der Waals surface area contributed by atoms with Crippen molar-refractivity contribution >= 4 is 28.9 Å². The first-order valence-corrected chi connectivity index (χ1v) is 7.13.